The molecule has 0 saturated heterocycles. The van der Waals surface area contributed by atoms with Gasteiger partial charge >= 0.3 is 0 Å². The number of β-amino-alcohol motifs (C(OH)–C–C–N with tert-alkyl or cyclic N) is 1. The van der Waals surface area contributed by atoms with Crippen LogP contribution in [0.15, 0.2) is 48.5 Å². The van der Waals surface area contributed by atoms with Crippen LogP contribution in [0.5, 0.6) is 0 Å². The van der Waals surface area contributed by atoms with E-state index in [9.17, 15) is 14.7 Å². The zero-order valence-corrected chi connectivity index (χ0v) is 15.1. The molecule has 1 atom stereocenters. The second-order valence-electron chi connectivity index (χ2n) is 7.00. The second-order valence-corrected chi connectivity index (χ2v) is 7.00. The molecule has 0 spiro atoms. The quantitative estimate of drug-likeness (QED) is 0.778. The summed E-state index contributed by atoms with van der Waals surface area (Å²) in [6, 6.07) is 15.2. The van der Waals surface area contributed by atoms with Gasteiger partial charge in [-0.25, -0.2) is 0 Å². The topological polar surface area (TPSA) is 57.6 Å². The minimum absolute atomic E-state index is 0.00291. The highest BCUT2D eigenvalue weighted by molar-refractivity contribution is 5.98. The number of benzene rings is 2. The summed E-state index contributed by atoms with van der Waals surface area (Å²) < 4.78 is 0. The molecule has 136 valence electrons. The van der Waals surface area contributed by atoms with Gasteiger partial charge in [0.15, 0.2) is 11.6 Å². The fraction of sp³-hybridized carbons (Fsp3) is 0.364. The van der Waals surface area contributed by atoms with E-state index in [0.717, 1.165) is 19.5 Å². The Bertz CT molecular complexity index is 782. The molecule has 1 aliphatic rings. The van der Waals surface area contributed by atoms with Crippen molar-refractivity contribution in [1.29, 1.82) is 0 Å². The molecule has 4 nitrogen and oxygen atoms in total. The van der Waals surface area contributed by atoms with Gasteiger partial charge in [0, 0.05) is 37.2 Å². The summed E-state index contributed by atoms with van der Waals surface area (Å²) in [5.41, 5.74) is 3.91. The van der Waals surface area contributed by atoms with Gasteiger partial charge in [-0.3, -0.25) is 14.5 Å². The van der Waals surface area contributed by atoms with Gasteiger partial charge in [0.05, 0.1) is 6.10 Å². The summed E-state index contributed by atoms with van der Waals surface area (Å²) in [6.07, 6.45) is 1.25. The van der Waals surface area contributed by atoms with E-state index in [1.165, 1.54) is 18.1 Å². The molecule has 3 rings (SSSR count). The van der Waals surface area contributed by atoms with Crippen molar-refractivity contribution in [2.24, 2.45) is 0 Å². The lowest BCUT2D eigenvalue weighted by molar-refractivity contribution is 0.0836. The monoisotopic (exact) mass is 351 g/mol. The first-order chi connectivity index (χ1) is 12.5. The largest absolute Gasteiger partial charge is 0.392 e. The van der Waals surface area contributed by atoms with E-state index >= 15 is 0 Å². The van der Waals surface area contributed by atoms with Crippen molar-refractivity contribution in [3.05, 3.63) is 70.8 Å². The third-order valence-corrected chi connectivity index (χ3v) is 5.00. The van der Waals surface area contributed by atoms with Gasteiger partial charge in [-0.2, -0.15) is 0 Å². The molecule has 1 aliphatic heterocycles. The first kappa shape index (κ1) is 18.5. The molecule has 0 aliphatic carbocycles. The van der Waals surface area contributed by atoms with Crippen LogP contribution in [0, 0.1) is 0 Å². The molecule has 0 aromatic heterocycles. The Morgan fingerprint density at radius 1 is 1.04 bits per heavy atom. The summed E-state index contributed by atoms with van der Waals surface area (Å²) in [4.78, 5) is 25.8. The number of hydrogen-bond donors (Lipinski definition) is 1. The molecule has 2 aromatic rings. The molecule has 1 unspecified atom stereocenters. The molecule has 4 heteroatoms. The van der Waals surface area contributed by atoms with E-state index in [2.05, 4.69) is 29.2 Å². The summed E-state index contributed by atoms with van der Waals surface area (Å²) in [5.74, 6) is -0.00864. The molecule has 0 saturated carbocycles. The summed E-state index contributed by atoms with van der Waals surface area (Å²) in [5, 5.41) is 10.3. The van der Waals surface area contributed by atoms with Crippen LogP contribution < -0.4 is 0 Å². The molecule has 0 amide bonds. The summed E-state index contributed by atoms with van der Waals surface area (Å²) in [7, 11) is 0. The molecule has 0 radical (unpaired) electrons. The van der Waals surface area contributed by atoms with E-state index in [-0.39, 0.29) is 11.6 Å². The van der Waals surface area contributed by atoms with Crippen LogP contribution in [0.4, 0.5) is 0 Å². The first-order valence-corrected chi connectivity index (χ1v) is 9.14. The Morgan fingerprint density at radius 2 is 1.69 bits per heavy atom. The lowest BCUT2D eigenvalue weighted by atomic mass is 9.99. The van der Waals surface area contributed by atoms with Gasteiger partial charge in [-0.05, 0) is 30.9 Å². The first-order valence-electron chi connectivity index (χ1n) is 9.14. The molecule has 1 heterocycles. The number of nitrogens with zero attached hydrogens (tertiary/aromatic N) is 1. The van der Waals surface area contributed by atoms with Crippen LogP contribution >= 0.6 is 0 Å². The number of ketones is 2. The van der Waals surface area contributed by atoms with E-state index < -0.39 is 6.10 Å². The van der Waals surface area contributed by atoms with Crippen LogP contribution in [-0.4, -0.2) is 40.8 Å². The Balaban J connectivity index is 1.47. The lowest BCUT2D eigenvalue weighted by Gasteiger charge is -2.30. The van der Waals surface area contributed by atoms with E-state index in [4.69, 9.17) is 0 Å². The second kappa shape index (κ2) is 8.39. The molecule has 1 N–H and O–H groups in total. The number of Topliss-reactive ketones (excluding diaryl/α,β-unsaturated/α-hetero) is 2. The Kier molecular flexibility index (Phi) is 5.96. The number of aliphatic hydroxyl groups excluding tert-OH is 1. The summed E-state index contributed by atoms with van der Waals surface area (Å²) in [6.45, 7) is 3.89. The van der Waals surface area contributed by atoms with Crippen LogP contribution in [-0.2, 0) is 13.0 Å². The summed E-state index contributed by atoms with van der Waals surface area (Å²) >= 11 is 0. The highest BCUT2D eigenvalue weighted by Crippen LogP contribution is 2.19. The number of rotatable bonds is 7. The van der Waals surface area contributed by atoms with Crippen LogP contribution in [0.2, 0.25) is 0 Å². The SMILES string of the molecule is CC(=O)c1ccc(C(=O)CCC(O)CN2CCc3ccccc3C2)cc1. The average Bonchev–Trinajstić information content (AvgIpc) is 2.66. The van der Waals surface area contributed by atoms with Gasteiger partial charge < -0.3 is 5.11 Å². The van der Waals surface area contributed by atoms with Crippen molar-refractivity contribution >= 4 is 11.6 Å². The van der Waals surface area contributed by atoms with Crippen LogP contribution in [0.25, 0.3) is 0 Å². The average molecular weight is 351 g/mol. The number of hydrogen-bond acceptors (Lipinski definition) is 4. The molecule has 0 fully saturated rings. The number of fused-ring (bicyclic) bond motifs is 1. The van der Waals surface area contributed by atoms with Crippen molar-refractivity contribution in [2.75, 3.05) is 13.1 Å². The zero-order chi connectivity index (χ0) is 18.5. The molecular weight excluding hydrogens is 326 g/mol. The minimum atomic E-state index is -0.513. The number of carbonyl (C=O) groups excluding carboxylic acids is 2. The van der Waals surface area contributed by atoms with Crippen molar-refractivity contribution < 1.29 is 14.7 Å². The van der Waals surface area contributed by atoms with Crippen molar-refractivity contribution in [2.45, 2.75) is 38.8 Å². The van der Waals surface area contributed by atoms with E-state index in [1.807, 2.05) is 0 Å². The maximum Gasteiger partial charge on any atom is 0.162 e. The van der Waals surface area contributed by atoms with Crippen LogP contribution in [0.1, 0.15) is 51.6 Å². The van der Waals surface area contributed by atoms with Gasteiger partial charge in [0.25, 0.3) is 0 Å². The fourth-order valence-electron chi connectivity index (χ4n) is 3.43. The van der Waals surface area contributed by atoms with Crippen molar-refractivity contribution in [1.82, 2.24) is 4.90 Å². The Labute approximate surface area is 154 Å². The van der Waals surface area contributed by atoms with Gasteiger partial charge in [-0.1, -0.05) is 48.5 Å². The van der Waals surface area contributed by atoms with Crippen molar-refractivity contribution in [3.8, 4) is 0 Å². The maximum atomic E-state index is 12.3. The normalized spacial score (nSPS) is 15.3. The number of carbonyl (C=O) groups is 2. The molecule has 0 bridgehead atoms. The van der Waals surface area contributed by atoms with Gasteiger partial charge in [0.2, 0.25) is 0 Å². The maximum absolute atomic E-state index is 12.3. The van der Waals surface area contributed by atoms with Gasteiger partial charge in [-0.15, -0.1) is 0 Å². The predicted octanol–water partition coefficient (Wildman–Crippen LogP) is 3.27. The Morgan fingerprint density at radius 3 is 2.38 bits per heavy atom. The highest BCUT2D eigenvalue weighted by atomic mass is 16.3. The fourth-order valence-corrected chi connectivity index (χ4v) is 3.43. The van der Waals surface area contributed by atoms with E-state index in [0.29, 0.717) is 30.5 Å². The third kappa shape index (κ3) is 4.65. The van der Waals surface area contributed by atoms with Crippen LogP contribution in [0.3, 0.4) is 0 Å². The smallest absolute Gasteiger partial charge is 0.162 e. The Hall–Kier alpha value is -2.30. The minimum Gasteiger partial charge on any atom is -0.392 e. The van der Waals surface area contributed by atoms with E-state index in [1.54, 1.807) is 24.3 Å². The molecule has 2 aromatic carbocycles. The standard InChI is InChI=1S/C22H25NO3/c1-16(24)17-6-8-19(9-7-17)22(26)11-10-21(25)15-23-13-12-18-4-2-3-5-20(18)14-23/h2-9,21,25H,10-15H2,1H3. The lowest BCUT2D eigenvalue weighted by Crippen LogP contribution is -2.36. The number of aliphatic hydroxyl groups is 1. The zero-order valence-electron chi connectivity index (χ0n) is 15.1. The predicted molar refractivity (Wildman–Crippen MR) is 101 cm³/mol. The van der Waals surface area contributed by atoms with Crippen molar-refractivity contribution in [3.63, 3.8) is 0 Å². The highest BCUT2D eigenvalue weighted by Gasteiger charge is 2.19. The van der Waals surface area contributed by atoms with Gasteiger partial charge in [0.1, 0.15) is 0 Å². The molecule has 26 heavy (non-hydrogen) atoms. The molecular formula is C22H25NO3. The third-order valence-electron chi connectivity index (χ3n) is 5.00.